The van der Waals surface area contributed by atoms with Gasteiger partial charge in [-0.25, -0.2) is 10.8 Å². The molecule has 2 atom stereocenters. The molecule has 2 rings (SSSR count). The summed E-state index contributed by atoms with van der Waals surface area (Å²) in [6.45, 7) is 2.36. The van der Waals surface area contributed by atoms with Gasteiger partial charge in [-0.2, -0.15) is 0 Å². The van der Waals surface area contributed by atoms with Crippen molar-refractivity contribution in [1.29, 1.82) is 0 Å². The van der Waals surface area contributed by atoms with Crippen LogP contribution >= 0.6 is 0 Å². The van der Waals surface area contributed by atoms with Crippen LogP contribution in [-0.2, 0) is 0 Å². The lowest BCUT2D eigenvalue weighted by Gasteiger charge is -2.38. The Bertz CT molecular complexity index is 297. The summed E-state index contributed by atoms with van der Waals surface area (Å²) in [5.41, 5.74) is 2.84. The molecule has 0 radical (unpaired) electrons. The van der Waals surface area contributed by atoms with Gasteiger partial charge in [0.2, 0.25) is 5.96 Å². The molecule has 2 aliphatic rings. The van der Waals surface area contributed by atoms with Gasteiger partial charge in [0.15, 0.2) is 0 Å². The molecule has 0 aromatic carbocycles. The van der Waals surface area contributed by atoms with Crippen LogP contribution in [0.4, 0.5) is 0 Å². The highest BCUT2D eigenvalue weighted by Gasteiger charge is 2.27. The van der Waals surface area contributed by atoms with E-state index in [4.69, 9.17) is 10.8 Å². The molecule has 4 heteroatoms. The molecular formula is C15H30N4. The SMILES string of the molecule is CC1CCCCC1N(C)C(=NC1CCCCC1)NN. The van der Waals surface area contributed by atoms with Gasteiger partial charge in [0.05, 0.1) is 6.04 Å². The van der Waals surface area contributed by atoms with Gasteiger partial charge in [0.1, 0.15) is 0 Å². The number of rotatable bonds is 2. The van der Waals surface area contributed by atoms with Crippen molar-refractivity contribution < 1.29 is 0 Å². The average Bonchev–Trinajstić information content (AvgIpc) is 2.46. The zero-order chi connectivity index (χ0) is 13.7. The molecule has 0 aliphatic heterocycles. The predicted octanol–water partition coefficient (Wildman–Crippen LogP) is 2.65. The van der Waals surface area contributed by atoms with E-state index >= 15 is 0 Å². The maximum Gasteiger partial charge on any atom is 0.208 e. The van der Waals surface area contributed by atoms with Gasteiger partial charge in [-0.3, -0.25) is 5.43 Å². The number of nitrogens with one attached hydrogen (secondary N) is 1. The summed E-state index contributed by atoms with van der Waals surface area (Å²) in [7, 11) is 2.15. The highest BCUT2D eigenvalue weighted by Crippen LogP contribution is 2.28. The summed E-state index contributed by atoms with van der Waals surface area (Å²) >= 11 is 0. The summed E-state index contributed by atoms with van der Waals surface area (Å²) < 4.78 is 0. The maximum atomic E-state index is 5.72. The quantitative estimate of drug-likeness (QED) is 0.350. The van der Waals surface area contributed by atoms with Crippen molar-refractivity contribution in [2.75, 3.05) is 7.05 Å². The van der Waals surface area contributed by atoms with E-state index in [1.54, 1.807) is 0 Å². The summed E-state index contributed by atoms with van der Waals surface area (Å²) in [4.78, 5) is 7.16. The van der Waals surface area contributed by atoms with Crippen molar-refractivity contribution in [2.24, 2.45) is 16.8 Å². The molecule has 0 amide bonds. The molecule has 0 bridgehead atoms. The Morgan fingerprint density at radius 2 is 1.68 bits per heavy atom. The molecule has 4 nitrogen and oxygen atoms in total. The second kappa shape index (κ2) is 7.13. The van der Waals surface area contributed by atoms with Crippen LogP contribution in [0, 0.1) is 5.92 Å². The van der Waals surface area contributed by atoms with Gasteiger partial charge in [0, 0.05) is 13.1 Å². The zero-order valence-corrected chi connectivity index (χ0v) is 12.6. The van der Waals surface area contributed by atoms with Crippen LogP contribution in [-0.4, -0.2) is 30.0 Å². The largest absolute Gasteiger partial charge is 0.342 e. The van der Waals surface area contributed by atoms with Crippen molar-refractivity contribution in [3.63, 3.8) is 0 Å². The lowest BCUT2D eigenvalue weighted by Crippen LogP contribution is -2.50. The molecule has 2 saturated carbocycles. The van der Waals surface area contributed by atoms with Gasteiger partial charge >= 0.3 is 0 Å². The first kappa shape index (κ1) is 14.6. The van der Waals surface area contributed by atoms with Crippen LogP contribution < -0.4 is 11.3 Å². The number of hydrogen-bond donors (Lipinski definition) is 2. The van der Waals surface area contributed by atoms with Crippen molar-refractivity contribution in [2.45, 2.75) is 76.8 Å². The first-order valence-electron chi connectivity index (χ1n) is 7.99. The predicted molar refractivity (Wildman–Crippen MR) is 80.8 cm³/mol. The maximum absolute atomic E-state index is 5.72. The third-order valence-corrected chi connectivity index (χ3v) is 4.91. The van der Waals surface area contributed by atoms with Crippen LogP contribution in [0.5, 0.6) is 0 Å². The third-order valence-electron chi connectivity index (χ3n) is 4.91. The topological polar surface area (TPSA) is 53.6 Å². The Hall–Kier alpha value is -0.770. The van der Waals surface area contributed by atoms with Crippen LogP contribution in [0.25, 0.3) is 0 Å². The molecule has 2 unspecified atom stereocenters. The molecule has 110 valence electrons. The van der Waals surface area contributed by atoms with Crippen molar-refractivity contribution in [1.82, 2.24) is 10.3 Å². The Labute approximate surface area is 117 Å². The Kier molecular flexibility index (Phi) is 5.49. The monoisotopic (exact) mass is 266 g/mol. The fourth-order valence-corrected chi connectivity index (χ4v) is 3.64. The normalized spacial score (nSPS) is 30.2. The molecule has 0 aromatic rings. The van der Waals surface area contributed by atoms with Crippen LogP contribution in [0.2, 0.25) is 0 Å². The van der Waals surface area contributed by atoms with E-state index in [0.29, 0.717) is 12.1 Å². The molecule has 0 heterocycles. The number of nitrogens with two attached hydrogens (primary N) is 1. The minimum Gasteiger partial charge on any atom is -0.342 e. The minimum absolute atomic E-state index is 0.473. The highest BCUT2D eigenvalue weighted by molar-refractivity contribution is 5.79. The molecule has 0 aromatic heterocycles. The first-order chi connectivity index (χ1) is 9.22. The zero-order valence-electron chi connectivity index (χ0n) is 12.6. The molecular weight excluding hydrogens is 236 g/mol. The van der Waals surface area contributed by atoms with E-state index in [0.717, 1.165) is 11.9 Å². The molecule has 0 saturated heterocycles. The Morgan fingerprint density at radius 3 is 2.32 bits per heavy atom. The molecule has 2 aliphatic carbocycles. The minimum atomic E-state index is 0.473. The van der Waals surface area contributed by atoms with E-state index < -0.39 is 0 Å². The van der Waals surface area contributed by atoms with Crippen molar-refractivity contribution in [3.05, 3.63) is 0 Å². The van der Waals surface area contributed by atoms with Gasteiger partial charge in [-0.1, -0.05) is 39.0 Å². The summed E-state index contributed by atoms with van der Waals surface area (Å²) in [5, 5.41) is 0. The Balaban J connectivity index is 2.00. The highest BCUT2D eigenvalue weighted by atomic mass is 15.4. The summed E-state index contributed by atoms with van der Waals surface area (Å²) in [6, 6.07) is 1.06. The third kappa shape index (κ3) is 3.85. The van der Waals surface area contributed by atoms with E-state index in [1.807, 2.05) is 0 Å². The van der Waals surface area contributed by atoms with Gasteiger partial charge in [-0.15, -0.1) is 0 Å². The summed E-state index contributed by atoms with van der Waals surface area (Å²) in [5.74, 6) is 7.35. The second-order valence-corrected chi connectivity index (χ2v) is 6.33. The van der Waals surface area contributed by atoms with Crippen LogP contribution in [0.3, 0.4) is 0 Å². The van der Waals surface area contributed by atoms with E-state index in [-0.39, 0.29) is 0 Å². The number of hydrazine groups is 1. The first-order valence-corrected chi connectivity index (χ1v) is 7.99. The van der Waals surface area contributed by atoms with Crippen molar-refractivity contribution >= 4 is 5.96 Å². The smallest absolute Gasteiger partial charge is 0.208 e. The van der Waals surface area contributed by atoms with Gasteiger partial charge < -0.3 is 4.90 Å². The molecule has 2 fully saturated rings. The lowest BCUT2D eigenvalue weighted by atomic mass is 9.85. The average molecular weight is 266 g/mol. The van der Waals surface area contributed by atoms with E-state index in [2.05, 4.69) is 24.3 Å². The van der Waals surface area contributed by atoms with Gasteiger partial charge in [0.25, 0.3) is 0 Å². The molecule has 19 heavy (non-hydrogen) atoms. The second-order valence-electron chi connectivity index (χ2n) is 6.33. The number of aliphatic imine (C=N–C) groups is 1. The number of hydrogen-bond acceptors (Lipinski definition) is 2. The molecule has 3 N–H and O–H groups in total. The molecule has 0 spiro atoms. The van der Waals surface area contributed by atoms with Crippen LogP contribution in [0.1, 0.15) is 64.7 Å². The van der Waals surface area contributed by atoms with Crippen LogP contribution in [0.15, 0.2) is 4.99 Å². The van der Waals surface area contributed by atoms with E-state index in [1.165, 1.54) is 57.8 Å². The Morgan fingerprint density at radius 1 is 1.05 bits per heavy atom. The fraction of sp³-hybridized carbons (Fsp3) is 0.933. The number of guanidine groups is 1. The fourth-order valence-electron chi connectivity index (χ4n) is 3.64. The summed E-state index contributed by atoms with van der Waals surface area (Å²) in [6.07, 6.45) is 11.7. The lowest BCUT2D eigenvalue weighted by molar-refractivity contribution is 0.200. The standard InChI is InChI=1S/C15H30N4/c1-12-8-6-7-11-14(12)19(2)15(18-16)17-13-9-4-3-5-10-13/h12-14H,3-11,16H2,1-2H3,(H,17,18). The van der Waals surface area contributed by atoms with E-state index in [9.17, 15) is 0 Å². The van der Waals surface area contributed by atoms with Gasteiger partial charge in [-0.05, 0) is 31.6 Å². The number of nitrogens with zero attached hydrogens (tertiary/aromatic N) is 2. The van der Waals surface area contributed by atoms with Crippen molar-refractivity contribution in [3.8, 4) is 0 Å².